The smallest absolute Gasteiger partial charge is 0.230 e. The molecule has 1 aromatic heterocycles. The van der Waals surface area contributed by atoms with Crippen LogP contribution in [0.25, 0.3) is 10.8 Å². The number of anilines is 1. The summed E-state index contributed by atoms with van der Waals surface area (Å²) >= 11 is 1.45. The summed E-state index contributed by atoms with van der Waals surface area (Å²) in [4.78, 5) is 12.2. The summed E-state index contributed by atoms with van der Waals surface area (Å²) in [6.07, 6.45) is 7.70. The molecule has 2 aromatic rings. The molecule has 25 heavy (non-hydrogen) atoms. The van der Waals surface area contributed by atoms with Crippen LogP contribution in [-0.4, -0.2) is 34.4 Å². The monoisotopic (exact) mass is 356 g/mol. The largest absolute Gasteiger partial charge is 0.365 e. The number of nitrogens with zero attached hydrogens (tertiary/aromatic N) is 2. The highest BCUT2D eigenvalue weighted by atomic mass is 32.2. The molecule has 3 rings (SSSR count). The van der Waals surface area contributed by atoms with E-state index in [0.717, 1.165) is 34.5 Å². The normalized spacial score (nSPS) is 15.0. The predicted molar refractivity (Wildman–Crippen MR) is 104 cm³/mol. The highest BCUT2D eigenvalue weighted by Gasteiger charge is 2.16. The third kappa shape index (κ3) is 4.72. The van der Waals surface area contributed by atoms with E-state index in [0.29, 0.717) is 18.3 Å². The van der Waals surface area contributed by atoms with Crippen molar-refractivity contribution in [3.8, 4) is 0 Å². The zero-order valence-corrected chi connectivity index (χ0v) is 15.1. The van der Waals surface area contributed by atoms with Gasteiger partial charge in [-0.25, -0.2) is 0 Å². The lowest BCUT2D eigenvalue weighted by Gasteiger charge is -2.22. The maximum atomic E-state index is 12.2. The number of aromatic nitrogens is 2. The van der Waals surface area contributed by atoms with Gasteiger partial charge in [-0.1, -0.05) is 61.4 Å². The Kier molecular flexibility index (Phi) is 6.28. The third-order valence-corrected chi connectivity index (χ3v) is 5.36. The molecule has 0 radical (unpaired) electrons. The number of benzene rings is 1. The summed E-state index contributed by atoms with van der Waals surface area (Å²) in [7, 11) is 0. The van der Waals surface area contributed by atoms with Crippen molar-refractivity contribution in [1.82, 2.24) is 15.5 Å². The molecule has 1 aromatic carbocycles. The molecule has 5 nitrogen and oxygen atoms in total. The second-order valence-corrected chi connectivity index (χ2v) is 7.22. The highest BCUT2D eigenvalue weighted by molar-refractivity contribution is 8.00. The van der Waals surface area contributed by atoms with Crippen molar-refractivity contribution in [1.29, 1.82) is 0 Å². The van der Waals surface area contributed by atoms with Gasteiger partial charge in [0.1, 0.15) is 5.03 Å². The Balaban J connectivity index is 1.66. The number of carbonyl (C=O) groups is 1. The molecule has 2 N–H and O–H groups in total. The van der Waals surface area contributed by atoms with Crippen LogP contribution >= 0.6 is 11.8 Å². The molecule has 0 saturated heterocycles. The predicted octanol–water partition coefficient (Wildman–Crippen LogP) is 3.77. The number of hydrogen-bond donors (Lipinski definition) is 2. The maximum Gasteiger partial charge on any atom is 0.230 e. The summed E-state index contributed by atoms with van der Waals surface area (Å²) in [5.74, 6) is 1.19. The first kappa shape index (κ1) is 17.7. The number of rotatable bonds is 7. The summed E-state index contributed by atoms with van der Waals surface area (Å²) in [6, 6.07) is 8.34. The van der Waals surface area contributed by atoms with Gasteiger partial charge in [-0.3, -0.25) is 4.79 Å². The van der Waals surface area contributed by atoms with E-state index in [1.807, 2.05) is 24.3 Å². The van der Waals surface area contributed by atoms with Gasteiger partial charge in [0.05, 0.1) is 5.75 Å². The zero-order chi connectivity index (χ0) is 17.5. The minimum absolute atomic E-state index is 0.0802. The zero-order valence-electron chi connectivity index (χ0n) is 14.3. The van der Waals surface area contributed by atoms with E-state index < -0.39 is 0 Å². The maximum absolute atomic E-state index is 12.2. The summed E-state index contributed by atoms with van der Waals surface area (Å²) < 4.78 is 0. The van der Waals surface area contributed by atoms with Crippen molar-refractivity contribution in [3.63, 3.8) is 0 Å². The molecule has 0 spiro atoms. The van der Waals surface area contributed by atoms with Gasteiger partial charge >= 0.3 is 0 Å². The Morgan fingerprint density at radius 3 is 2.72 bits per heavy atom. The number of carbonyl (C=O) groups excluding carboxylic acids is 1. The van der Waals surface area contributed by atoms with Gasteiger partial charge in [0.2, 0.25) is 5.91 Å². The molecule has 1 heterocycles. The molecule has 1 saturated carbocycles. The van der Waals surface area contributed by atoms with Crippen LogP contribution in [0.3, 0.4) is 0 Å². The Hall–Kier alpha value is -2.08. The fraction of sp³-hybridized carbons (Fsp3) is 0.421. The molecular weight excluding hydrogens is 332 g/mol. The van der Waals surface area contributed by atoms with Crippen LogP contribution in [0, 0.1) is 0 Å². The molecule has 1 fully saturated rings. The molecule has 0 bridgehead atoms. The minimum Gasteiger partial charge on any atom is -0.365 e. The van der Waals surface area contributed by atoms with Crippen molar-refractivity contribution in [2.75, 3.05) is 17.6 Å². The number of nitrogens with one attached hydrogen (secondary N) is 2. The number of fused-ring (bicyclic) bond motifs is 1. The van der Waals surface area contributed by atoms with Gasteiger partial charge in [-0.2, -0.15) is 0 Å². The van der Waals surface area contributed by atoms with E-state index in [1.54, 1.807) is 6.08 Å². The molecule has 1 aliphatic carbocycles. The second-order valence-electron chi connectivity index (χ2n) is 6.26. The lowest BCUT2D eigenvalue weighted by atomic mass is 9.95. The standard InChI is InChI=1S/C19H24N4OS/c1-2-12-20-18-15-10-6-7-11-16(15)19(23-22-18)25-13-17(24)21-14-8-4-3-5-9-14/h2,6-7,10-11,14H,1,3-5,8-9,12-13H2,(H,20,22)(H,21,24). The second kappa shape index (κ2) is 8.85. The molecule has 1 aliphatic rings. The SMILES string of the molecule is C=CCNc1nnc(SCC(=O)NC2CCCCC2)c2ccccc12. The Bertz CT molecular complexity index is 743. The molecule has 132 valence electrons. The van der Waals surface area contributed by atoms with E-state index in [2.05, 4.69) is 27.4 Å². The first-order valence-electron chi connectivity index (χ1n) is 8.80. The average Bonchev–Trinajstić information content (AvgIpc) is 2.66. The topological polar surface area (TPSA) is 66.9 Å². The lowest BCUT2D eigenvalue weighted by molar-refractivity contribution is -0.119. The van der Waals surface area contributed by atoms with E-state index >= 15 is 0 Å². The van der Waals surface area contributed by atoms with Gasteiger partial charge in [0.25, 0.3) is 0 Å². The third-order valence-electron chi connectivity index (χ3n) is 4.38. The van der Waals surface area contributed by atoms with E-state index in [-0.39, 0.29) is 5.91 Å². The fourth-order valence-electron chi connectivity index (χ4n) is 3.14. The molecular formula is C19H24N4OS. The van der Waals surface area contributed by atoms with Crippen molar-refractivity contribution in [3.05, 3.63) is 36.9 Å². The highest BCUT2D eigenvalue weighted by Crippen LogP contribution is 2.29. The molecule has 0 aliphatic heterocycles. The number of thioether (sulfide) groups is 1. The first-order chi connectivity index (χ1) is 12.3. The quantitative estimate of drug-likeness (QED) is 0.584. The van der Waals surface area contributed by atoms with Crippen LogP contribution < -0.4 is 10.6 Å². The van der Waals surface area contributed by atoms with Crippen LogP contribution in [0.15, 0.2) is 41.9 Å². The number of hydrogen-bond acceptors (Lipinski definition) is 5. The Morgan fingerprint density at radius 1 is 1.20 bits per heavy atom. The fourth-order valence-corrected chi connectivity index (χ4v) is 3.92. The Morgan fingerprint density at radius 2 is 1.96 bits per heavy atom. The van der Waals surface area contributed by atoms with E-state index in [4.69, 9.17) is 0 Å². The molecule has 0 atom stereocenters. The van der Waals surface area contributed by atoms with E-state index in [9.17, 15) is 4.79 Å². The summed E-state index contributed by atoms with van der Waals surface area (Å²) in [5.41, 5.74) is 0. The van der Waals surface area contributed by atoms with Crippen molar-refractivity contribution < 1.29 is 4.79 Å². The Labute approximate surface area is 152 Å². The van der Waals surface area contributed by atoms with Crippen LogP contribution in [-0.2, 0) is 4.79 Å². The molecule has 0 unspecified atom stereocenters. The van der Waals surface area contributed by atoms with Gasteiger partial charge < -0.3 is 10.6 Å². The van der Waals surface area contributed by atoms with Crippen LogP contribution in [0.4, 0.5) is 5.82 Å². The van der Waals surface area contributed by atoms with Crippen molar-refractivity contribution in [2.24, 2.45) is 0 Å². The van der Waals surface area contributed by atoms with Gasteiger partial charge in [0.15, 0.2) is 5.82 Å². The van der Waals surface area contributed by atoms with Crippen LogP contribution in [0.1, 0.15) is 32.1 Å². The first-order valence-corrected chi connectivity index (χ1v) is 9.79. The summed E-state index contributed by atoms with van der Waals surface area (Å²) in [5, 5.41) is 17.8. The van der Waals surface area contributed by atoms with Crippen molar-refractivity contribution >= 4 is 34.3 Å². The summed E-state index contributed by atoms with van der Waals surface area (Å²) in [6.45, 7) is 4.34. The van der Waals surface area contributed by atoms with Crippen molar-refractivity contribution in [2.45, 2.75) is 43.2 Å². The average molecular weight is 356 g/mol. The van der Waals surface area contributed by atoms with Gasteiger partial charge in [-0.15, -0.1) is 16.8 Å². The van der Waals surface area contributed by atoms with Crippen LogP contribution in [0.5, 0.6) is 0 Å². The minimum atomic E-state index is 0.0802. The lowest BCUT2D eigenvalue weighted by Crippen LogP contribution is -2.37. The van der Waals surface area contributed by atoms with Gasteiger partial charge in [-0.05, 0) is 12.8 Å². The number of amides is 1. The van der Waals surface area contributed by atoms with Gasteiger partial charge in [0, 0.05) is 23.4 Å². The molecule has 1 amide bonds. The molecule has 6 heteroatoms. The van der Waals surface area contributed by atoms with E-state index in [1.165, 1.54) is 31.0 Å². The van der Waals surface area contributed by atoms with Crippen LogP contribution in [0.2, 0.25) is 0 Å².